The van der Waals surface area contributed by atoms with E-state index in [0.29, 0.717) is 0 Å². The second kappa shape index (κ2) is 4.11. The number of hydrogen-bond acceptors (Lipinski definition) is 0. The van der Waals surface area contributed by atoms with Gasteiger partial charge in [-0.05, 0) is 61.2 Å². The smallest absolute Gasteiger partial charge is 0.0295 e. The van der Waals surface area contributed by atoms with Gasteiger partial charge in [-0.2, -0.15) is 0 Å². The fourth-order valence-electron chi connectivity index (χ4n) is 4.13. The van der Waals surface area contributed by atoms with Crippen LogP contribution in [0.1, 0.15) is 66.2 Å². The summed E-state index contributed by atoms with van der Waals surface area (Å²) in [5.74, 6) is 3.82. The molecule has 0 radical (unpaired) electrons. The van der Waals surface area contributed by atoms with Gasteiger partial charge in [-0.25, -0.2) is 0 Å². The molecule has 88 valence electrons. The van der Waals surface area contributed by atoms with Crippen LogP contribution in [-0.4, -0.2) is 0 Å². The van der Waals surface area contributed by atoms with Gasteiger partial charge < -0.3 is 0 Å². The summed E-state index contributed by atoms with van der Waals surface area (Å²) in [7, 11) is 0. The van der Waals surface area contributed by atoms with Crippen molar-refractivity contribution in [3.8, 4) is 0 Å². The molecule has 0 N–H and O–H groups in total. The molecule has 2 aliphatic rings. The average Bonchev–Trinajstić information content (AvgIpc) is 2.14. The Labute approximate surface area is 95.8 Å². The van der Waals surface area contributed by atoms with Gasteiger partial charge >= 0.3 is 0 Å². The Morgan fingerprint density at radius 3 is 1.87 bits per heavy atom. The third-order valence-corrected chi connectivity index (χ3v) is 5.35. The van der Waals surface area contributed by atoms with Gasteiger partial charge in [0.2, 0.25) is 0 Å². The molecular weight excluding hydrogens is 180 g/mol. The third-order valence-electron chi connectivity index (χ3n) is 5.35. The summed E-state index contributed by atoms with van der Waals surface area (Å²) in [5.41, 5.74) is 0.820. The maximum absolute atomic E-state index is 2.44. The van der Waals surface area contributed by atoms with Crippen molar-refractivity contribution in [2.24, 2.45) is 29.1 Å². The van der Waals surface area contributed by atoms with Crippen LogP contribution in [0.25, 0.3) is 0 Å². The largest absolute Gasteiger partial charge is 0.0625 e. The molecule has 0 heterocycles. The molecule has 0 nitrogen and oxygen atoms in total. The Morgan fingerprint density at radius 1 is 0.867 bits per heavy atom. The molecule has 0 bridgehead atoms. The highest BCUT2D eigenvalue weighted by Crippen LogP contribution is 2.56. The molecule has 0 aromatic rings. The lowest BCUT2D eigenvalue weighted by atomic mass is 9.53. The van der Waals surface area contributed by atoms with Gasteiger partial charge in [0.05, 0.1) is 0 Å². The fourth-order valence-corrected chi connectivity index (χ4v) is 4.13. The van der Waals surface area contributed by atoms with E-state index in [4.69, 9.17) is 0 Å². The highest BCUT2D eigenvalue weighted by atomic mass is 14.5. The van der Waals surface area contributed by atoms with E-state index in [1.54, 1.807) is 25.7 Å². The van der Waals surface area contributed by atoms with Crippen LogP contribution in [0.2, 0.25) is 0 Å². The monoisotopic (exact) mass is 208 g/mol. The highest BCUT2D eigenvalue weighted by molar-refractivity contribution is 4.96. The van der Waals surface area contributed by atoms with Crippen molar-refractivity contribution in [3.63, 3.8) is 0 Å². The predicted molar refractivity (Wildman–Crippen MR) is 66.8 cm³/mol. The minimum atomic E-state index is 0.820. The molecule has 2 saturated carbocycles. The fraction of sp³-hybridized carbons (Fsp3) is 1.00. The van der Waals surface area contributed by atoms with Gasteiger partial charge in [0, 0.05) is 0 Å². The summed E-state index contributed by atoms with van der Waals surface area (Å²) in [5, 5.41) is 0. The summed E-state index contributed by atoms with van der Waals surface area (Å²) in [6.07, 6.45) is 9.20. The summed E-state index contributed by atoms with van der Waals surface area (Å²) < 4.78 is 0. The molecule has 2 fully saturated rings. The van der Waals surface area contributed by atoms with E-state index < -0.39 is 0 Å². The van der Waals surface area contributed by atoms with Gasteiger partial charge in [0.25, 0.3) is 0 Å². The summed E-state index contributed by atoms with van der Waals surface area (Å²) in [4.78, 5) is 0. The van der Waals surface area contributed by atoms with Crippen LogP contribution in [0.4, 0.5) is 0 Å². The van der Waals surface area contributed by atoms with Crippen LogP contribution >= 0.6 is 0 Å². The van der Waals surface area contributed by atoms with E-state index >= 15 is 0 Å². The third kappa shape index (κ3) is 2.10. The van der Waals surface area contributed by atoms with E-state index in [1.165, 1.54) is 12.8 Å². The Balaban J connectivity index is 2.05. The Morgan fingerprint density at radius 2 is 1.47 bits per heavy atom. The zero-order chi connectivity index (χ0) is 11.1. The number of hydrogen-bond donors (Lipinski definition) is 0. The van der Waals surface area contributed by atoms with Gasteiger partial charge in [-0.3, -0.25) is 0 Å². The molecule has 0 saturated heterocycles. The van der Waals surface area contributed by atoms with Crippen LogP contribution in [0, 0.1) is 29.1 Å². The standard InChI is InChI=1S/C15H28/c1-11(2)13-6-9-15(7-5-8-15)10-14(13)12(3)4/h11-14H,5-10H2,1-4H3. The molecule has 1 spiro atoms. The van der Waals surface area contributed by atoms with E-state index in [0.717, 1.165) is 29.1 Å². The van der Waals surface area contributed by atoms with E-state index in [2.05, 4.69) is 27.7 Å². The Bertz CT molecular complexity index is 210. The second-order valence-corrected chi connectivity index (χ2v) is 6.91. The molecule has 0 aromatic carbocycles. The van der Waals surface area contributed by atoms with Crippen molar-refractivity contribution in [2.45, 2.75) is 66.2 Å². The van der Waals surface area contributed by atoms with E-state index in [-0.39, 0.29) is 0 Å². The van der Waals surface area contributed by atoms with Gasteiger partial charge in [-0.1, -0.05) is 34.1 Å². The summed E-state index contributed by atoms with van der Waals surface area (Å²) >= 11 is 0. The van der Waals surface area contributed by atoms with Crippen molar-refractivity contribution in [3.05, 3.63) is 0 Å². The molecule has 2 atom stereocenters. The first kappa shape index (κ1) is 11.5. The number of rotatable bonds is 2. The predicted octanol–water partition coefficient (Wildman–Crippen LogP) is 4.89. The van der Waals surface area contributed by atoms with Gasteiger partial charge in [-0.15, -0.1) is 0 Å². The lowest BCUT2D eigenvalue weighted by Gasteiger charge is -2.52. The van der Waals surface area contributed by atoms with Crippen molar-refractivity contribution in [2.75, 3.05) is 0 Å². The van der Waals surface area contributed by atoms with Crippen LogP contribution in [0.5, 0.6) is 0 Å². The van der Waals surface area contributed by atoms with Crippen LogP contribution < -0.4 is 0 Å². The lowest BCUT2D eigenvalue weighted by Crippen LogP contribution is -2.41. The van der Waals surface area contributed by atoms with Crippen molar-refractivity contribution >= 4 is 0 Å². The highest BCUT2D eigenvalue weighted by Gasteiger charge is 2.45. The zero-order valence-corrected chi connectivity index (χ0v) is 11.1. The van der Waals surface area contributed by atoms with Gasteiger partial charge in [0.1, 0.15) is 0 Å². The average molecular weight is 208 g/mol. The van der Waals surface area contributed by atoms with Gasteiger partial charge in [0.15, 0.2) is 0 Å². The van der Waals surface area contributed by atoms with E-state index in [1.807, 2.05) is 0 Å². The Hall–Kier alpha value is 0. The summed E-state index contributed by atoms with van der Waals surface area (Å²) in [6.45, 7) is 9.74. The maximum atomic E-state index is 2.44. The van der Waals surface area contributed by atoms with Crippen molar-refractivity contribution < 1.29 is 0 Å². The molecule has 2 unspecified atom stereocenters. The zero-order valence-electron chi connectivity index (χ0n) is 11.1. The quantitative estimate of drug-likeness (QED) is 0.606. The van der Waals surface area contributed by atoms with Crippen molar-refractivity contribution in [1.29, 1.82) is 0 Å². The van der Waals surface area contributed by atoms with Crippen LogP contribution in [0.3, 0.4) is 0 Å². The molecule has 15 heavy (non-hydrogen) atoms. The van der Waals surface area contributed by atoms with Crippen molar-refractivity contribution in [1.82, 2.24) is 0 Å². The molecular formula is C15H28. The van der Waals surface area contributed by atoms with Crippen LogP contribution in [0.15, 0.2) is 0 Å². The lowest BCUT2D eigenvalue weighted by molar-refractivity contribution is -0.0143. The molecule has 0 aliphatic heterocycles. The second-order valence-electron chi connectivity index (χ2n) is 6.91. The van der Waals surface area contributed by atoms with E-state index in [9.17, 15) is 0 Å². The van der Waals surface area contributed by atoms with Crippen LogP contribution in [-0.2, 0) is 0 Å². The molecule has 0 amide bonds. The normalized spacial score (nSPS) is 34.8. The first-order valence-electron chi connectivity index (χ1n) is 7.04. The summed E-state index contributed by atoms with van der Waals surface area (Å²) in [6, 6.07) is 0. The Kier molecular flexibility index (Phi) is 3.14. The first-order chi connectivity index (χ1) is 7.04. The SMILES string of the molecule is CC(C)C1CCC2(CCC2)CC1C(C)C. The molecule has 2 aliphatic carbocycles. The molecule has 0 heteroatoms. The molecule has 0 aromatic heterocycles. The molecule has 2 rings (SSSR count). The topological polar surface area (TPSA) is 0 Å². The first-order valence-corrected chi connectivity index (χ1v) is 7.04. The minimum absolute atomic E-state index is 0.820. The maximum Gasteiger partial charge on any atom is -0.0295 e. The minimum Gasteiger partial charge on any atom is -0.0625 e.